The molecule has 0 aliphatic heterocycles. The molecule has 2 atom stereocenters. The van der Waals surface area contributed by atoms with E-state index in [0.29, 0.717) is 10.0 Å². The van der Waals surface area contributed by atoms with E-state index in [0.717, 1.165) is 23.1 Å². The van der Waals surface area contributed by atoms with Crippen molar-refractivity contribution in [2.24, 2.45) is 0 Å². The number of nitrogens with zero attached hydrogens (tertiary/aromatic N) is 1. The van der Waals surface area contributed by atoms with Gasteiger partial charge >= 0.3 is 0 Å². The van der Waals surface area contributed by atoms with E-state index in [4.69, 9.17) is 23.2 Å². The molecule has 2 aromatic rings. The molecule has 29 heavy (non-hydrogen) atoms. The van der Waals surface area contributed by atoms with Crippen molar-refractivity contribution < 1.29 is 9.59 Å². The third-order valence-electron chi connectivity index (χ3n) is 5.13. The molecular formula is C23H28Cl2N2O2. The van der Waals surface area contributed by atoms with Crippen molar-refractivity contribution in [1.82, 2.24) is 10.2 Å². The van der Waals surface area contributed by atoms with Crippen LogP contribution in [-0.2, 0) is 22.6 Å². The van der Waals surface area contributed by atoms with Gasteiger partial charge in [0.2, 0.25) is 11.8 Å². The van der Waals surface area contributed by atoms with Crippen molar-refractivity contribution in [1.29, 1.82) is 0 Å². The monoisotopic (exact) mass is 434 g/mol. The second-order valence-electron chi connectivity index (χ2n) is 7.35. The maximum Gasteiger partial charge on any atom is 0.242 e. The van der Waals surface area contributed by atoms with E-state index in [9.17, 15) is 9.59 Å². The molecule has 0 spiro atoms. The molecular weight excluding hydrogens is 407 g/mol. The number of halogens is 2. The van der Waals surface area contributed by atoms with Gasteiger partial charge in [0.05, 0.1) is 6.42 Å². The highest BCUT2D eigenvalue weighted by Crippen LogP contribution is 2.24. The molecule has 0 saturated carbocycles. The summed E-state index contributed by atoms with van der Waals surface area (Å²) in [6.07, 6.45) is 1.04. The van der Waals surface area contributed by atoms with Gasteiger partial charge in [-0.1, -0.05) is 60.5 Å². The predicted octanol–water partition coefficient (Wildman–Crippen LogP) is 5.18. The number of hydrogen-bond donors (Lipinski definition) is 1. The fourth-order valence-corrected chi connectivity index (χ4v) is 3.42. The summed E-state index contributed by atoms with van der Waals surface area (Å²) in [5, 5.41) is 3.96. The molecule has 0 radical (unpaired) electrons. The normalized spacial score (nSPS) is 12.9. The highest BCUT2D eigenvalue weighted by Gasteiger charge is 2.27. The summed E-state index contributed by atoms with van der Waals surface area (Å²) < 4.78 is 0. The summed E-state index contributed by atoms with van der Waals surface area (Å²) in [4.78, 5) is 27.6. The van der Waals surface area contributed by atoms with Gasteiger partial charge in [0.1, 0.15) is 6.04 Å². The molecule has 0 bridgehead atoms. The molecule has 2 amide bonds. The average Bonchev–Trinajstić information content (AvgIpc) is 2.68. The number of carbonyl (C=O) groups excluding carboxylic acids is 2. The zero-order valence-corrected chi connectivity index (χ0v) is 18.8. The van der Waals surface area contributed by atoms with Gasteiger partial charge in [-0.2, -0.15) is 0 Å². The number of benzene rings is 2. The molecule has 0 heterocycles. The van der Waals surface area contributed by atoms with E-state index in [1.54, 1.807) is 30.0 Å². The molecule has 4 nitrogen and oxygen atoms in total. The number of rotatable bonds is 8. The highest BCUT2D eigenvalue weighted by molar-refractivity contribution is 6.35. The number of carbonyl (C=O) groups is 2. The lowest BCUT2D eigenvalue weighted by atomic mass is 10.0. The molecule has 6 heteroatoms. The minimum atomic E-state index is -0.632. The van der Waals surface area contributed by atoms with Crippen molar-refractivity contribution in [3.63, 3.8) is 0 Å². The van der Waals surface area contributed by atoms with Crippen LogP contribution in [0, 0.1) is 6.92 Å². The van der Waals surface area contributed by atoms with Crippen LogP contribution in [0.1, 0.15) is 43.9 Å². The van der Waals surface area contributed by atoms with Crippen LogP contribution in [0.3, 0.4) is 0 Å². The Morgan fingerprint density at radius 2 is 1.76 bits per heavy atom. The Morgan fingerprint density at radius 3 is 2.38 bits per heavy atom. The Morgan fingerprint density at radius 1 is 1.07 bits per heavy atom. The van der Waals surface area contributed by atoms with Gasteiger partial charge in [-0.25, -0.2) is 0 Å². The lowest BCUT2D eigenvalue weighted by molar-refractivity contribution is -0.140. The van der Waals surface area contributed by atoms with Crippen LogP contribution in [0.5, 0.6) is 0 Å². The quantitative estimate of drug-likeness (QED) is 0.622. The largest absolute Gasteiger partial charge is 0.352 e. The standard InChI is InChI=1S/C23H28Cl2N2O2/c1-5-16(3)26-23(29)17(4)27(14-19-10-11-20(24)13-21(19)25)22(28)12-18-9-7-6-8-15(18)2/h6-11,13,16-17H,5,12,14H2,1-4H3,(H,26,29)/t16-,17-/m1/s1. The van der Waals surface area contributed by atoms with Crippen LogP contribution in [0.2, 0.25) is 10.0 Å². The minimum Gasteiger partial charge on any atom is -0.352 e. The molecule has 0 aromatic heterocycles. The smallest absolute Gasteiger partial charge is 0.242 e. The van der Waals surface area contributed by atoms with Crippen LogP contribution >= 0.6 is 23.2 Å². The highest BCUT2D eigenvalue weighted by atomic mass is 35.5. The fraction of sp³-hybridized carbons (Fsp3) is 0.391. The van der Waals surface area contributed by atoms with Gasteiger partial charge in [-0.15, -0.1) is 0 Å². The maximum absolute atomic E-state index is 13.2. The van der Waals surface area contributed by atoms with Gasteiger partial charge in [0.25, 0.3) is 0 Å². The summed E-state index contributed by atoms with van der Waals surface area (Å²) in [7, 11) is 0. The predicted molar refractivity (Wildman–Crippen MR) is 119 cm³/mol. The molecule has 0 saturated heterocycles. The summed E-state index contributed by atoms with van der Waals surface area (Å²) in [5.41, 5.74) is 2.73. The summed E-state index contributed by atoms with van der Waals surface area (Å²) in [6, 6.07) is 12.3. The van der Waals surface area contributed by atoms with E-state index < -0.39 is 6.04 Å². The van der Waals surface area contributed by atoms with Crippen molar-refractivity contribution in [2.75, 3.05) is 0 Å². The van der Waals surface area contributed by atoms with Crippen LogP contribution in [0.4, 0.5) is 0 Å². The van der Waals surface area contributed by atoms with Crippen LogP contribution < -0.4 is 5.32 Å². The van der Waals surface area contributed by atoms with Gasteiger partial charge < -0.3 is 10.2 Å². The van der Waals surface area contributed by atoms with E-state index >= 15 is 0 Å². The fourth-order valence-electron chi connectivity index (χ4n) is 2.95. The van der Waals surface area contributed by atoms with Crippen molar-refractivity contribution in [3.05, 3.63) is 69.2 Å². The van der Waals surface area contributed by atoms with E-state index in [-0.39, 0.29) is 30.8 Å². The number of hydrogen-bond acceptors (Lipinski definition) is 2. The Labute approximate surface area is 183 Å². The summed E-state index contributed by atoms with van der Waals surface area (Å²) in [6.45, 7) is 7.90. The second-order valence-corrected chi connectivity index (χ2v) is 8.20. The topological polar surface area (TPSA) is 49.4 Å². The van der Waals surface area contributed by atoms with Crippen molar-refractivity contribution in [3.8, 4) is 0 Å². The first-order valence-electron chi connectivity index (χ1n) is 9.81. The molecule has 0 aliphatic carbocycles. The van der Waals surface area contributed by atoms with Crippen LogP contribution in [0.15, 0.2) is 42.5 Å². The third-order valence-corrected chi connectivity index (χ3v) is 5.71. The number of aryl methyl sites for hydroxylation is 1. The molecule has 2 aromatic carbocycles. The van der Waals surface area contributed by atoms with E-state index in [1.165, 1.54) is 0 Å². The Hall–Kier alpha value is -2.04. The first kappa shape index (κ1) is 23.2. The maximum atomic E-state index is 13.2. The van der Waals surface area contributed by atoms with Gasteiger partial charge in [0.15, 0.2) is 0 Å². The molecule has 0 unspecified atom stereocenters. The van der Waals surface area contributed by atoms with Gasteiger partial charge in [0, 0.05) is 22.6 Å². The van der Waals surface area contributed by atoms with Crippen LogP contribution in [0.25, 0.3) is 0 Å². The SMILES string of the molecule is CC[C@@H](C)NC(=O)[C@@H](C)N(Cc1ccc(Cl)cc1Cl)C(=O)Cc1ccccc1C. The average molecular weight is 435 g/mol. The second kappa shape index (κ2) is 10.7. The summed E-state index contributed by atoms with van der Waals surface area (Å²) >= 11 is 12.3. The molecule has 1 N–H and O–H groups in total. The summed E-state index contributed by atoms with van der Waals surface area (Å²) in [5.74, 6) is -0.306. The van der Waals surface area contributed by atoms with Gasteiger partial charge in [-0.3, -0.25) is 9.59 Å². The molecule has 2 rings (SSSR count). The number of amides is 2. The molecule has 0 aliphatic rings. The van der Waals surface area contributed by atoms with Crippen LogP contribution in [-0.4, -0.2) is 28.8 Å². The zero-order valence-electron chi connectivity index (χ0n) is 17.3. The van der Waals surface area contributed by atoms with Gasteiger partial charge in [-0.05, 0) is 56.0 Å². The Bertz CT molecular complexity index is 870. The molecule has 0 fully saturated rings. The van der Waals surface area contributed by atoms with E-state index in [2.05, 4.69) is 5.32 Å². The number of nitrogens with one attached hydrogen (secondary N) is 1. The van der Waals surface area contributed by atoms with Crippen molar-refractivity contribution in [2.45, 2.75) is 59.2 Å². The lowest BCUT2D eigenvalue weighted by Crippen LogP contribution is -2.50. The van der Waals surface area contributed by atoms with E-state index in [1.807, 2.05) is 45.0 Å². The minimum absolute atomic E-state index is 0.0392. The lowest BCUT2D eigenvalue weighted by Gasteiger charge is -2.30. The third kappa shape index (κ3) is 6.48. The Kier molecular flexibility index (Phi) is 8.54. The zero-order chi connectivity index (χ0) is 21.6. The Balaban J connectivity index is 2.29. The van der Waals surface area contributed by atoms with Crippen molar-refractivity contribution >= 4 is 35.0 Å². The molecule has 156 valence electrons. The first-order valence-corrected chi connectivity index (χ1v) is 10.6. The first-order chi connectivity index (χ1) is 13.7.